The van der Waals surface area contributed by atoms with E-state index in [-0.39, 0.29) is 31.0 Å². The standard InChI is InChI=1S/C20H23BFNO5/c1-21(26)23-18(20(25)27-2)11-12-19(24)14-7-9-16(10-8-14)28-13-15-5-3-4-6-17(15)22/h3-10,18,23,26H,11-13H2,1-2H3/t18-/m0/s1. The third-order valence-corrected chi connectivity index (χ3v) is 4.12. The quantitative estimate of drug-likeness (QED) is 0.370. The maximum absolute atomic E-state index is 13.6. The summed E-state index contributed by atoms with van der Waals surface area (Å²) in [6.45, 7) is 1.57. The van der Waals surface area contributed by atoms with E-state index >= 15 is 0 Å². The van der Waals surface area contributed by atoms with Crippen molar-refractivity contribution in [2.24, 2.45) is 0 Å². The number of rotatable bonds is 10. The van der Waals surface area contributed by atoms with Gasteiger partial charge in [-0.3, -0.25) is 9.59 Å². The van der Waals surface area contributed by atoms with Gasteiger partial charge in [0.05, 0.1) is 13.2 Å². The van der Waals surface area contributed by atoms with Gasteiger partial charge in [0, 0.05) is 17.5 Å². The SMILES string of the molecule is COC(=O)[C@H](CCC(=O)c1ccc(OCc2ccccc2F)cc1)NB(C)O. The Balaban J connectivity index is 1.90. The molecule has 6 nitrogen and oxygen atoms in total. The Morgan fingerprint density at radius 3 is 2.46 bits per heavy atom. The lowest BCUT2D eigenvalue weighted by atomic mass is 9.86. The van der Waals surface area contributed by atoms with Gasteiger partial charge in [0.15, 0.2) is 5.78 Å². The summed E-state index contributed by atoms with van der Waals surface area (Å²) in [7, 11) is 0.353. The molecule has 0 saturated heterocycles. The zero-order valence-electron chi connectivity index (χ0n) is 15.9. The number of methoxy groups -OCH3 is 1. The van der Waals surface area contributed by atoms with E-state index < -0.39 is 19.1 Å². The molecule has 2 N–H and O–H groups in total. The summed E-state index contributed by atoms with van der Waals surface area (Å²) >= 11 is 0. The molecule has 2 aromatic rings. The number of halogens is 1. The lowest BCUT2D eigenvalue weighted by molar-refractivity contribution is -0.142. The Morgan fingerprint density at radius 2 is 1.86 bits per heavy atom. The number of carbonyl (C=O) groups excluding carboxylic acids is 2. The molecule has 0 aromatic heterocycles. The molecule has 148 valence electrons. The zero-order chi connectivity index (χ0) is 20.5. The minimum Gasteiger partial charge on any atom is -0.489 e. The highest BCUT2D eigenvalue weighted by molar-refractivity contribution is 6.46. The normalized spacial score (nSPS) is 11.6. The molecule has 8 heteroatoms. The van der Waals surface area contributed by atoms with E-state index in [9.17, 15) is 19.0 Å². The number of benzene rings is 2. The summed E-state index contributed by atoms with van der Waals surface area (Å²) in [6, 6.07) is 12.1. The fourth-order valence-electron chi connectivity index (χ4n) is 2.64. The van der Waals surface area contributed by atoms with Gasteiger partial charge in [0.2, 0.25) is 0 Å². The van der Waals surface area contributed by atoms with Crippen LogP contribution in [-0.4, -0.2) is 37.0 Å². The first kappa shape index (κ1) is 21.6. The number of nitrogens with one attached hydrogen (secondary N) is 1. The van der Waals surface area contributed by atoms with Crippen LogP contribution in [0, 0.1) is 5.82 Å². The third-order valence-electron chi connectivity index (χ3n) is 4.12. The van der Waals surface area contributed by atoms with Crippen molar-refractivity contribution in [2.75, 3.05) is 7.11 Å². The van der Waals surface area contributed by atoms with Crippen molar-refractivity contribution in [1.29, 1.82) is 0 Å². The van der Waals surface area contributed by atoms with Gasteiger partial charge in [-0.15, -0.1) is 0 Å². The smallest absolute Gasteiger partial charge is 0.374 e. The van der Waals surface area contributed by atoms with Crippen LogP contribution in [0.25, 0.3) is 0 Å². The largest absolute Gasteiger partial charge is 0.489 e. The summed E-state index contributed by atoms with van der Waals surface area (Å²) in [5.41, 5.74) is 0.918. The molecule has 28 heavy (non-hydrogen) atoms. The summed E-state index contributed by atoms with van der Waals surface area (Å²) in [4.78, 5) is 24.1. The van der Waals surface area contributed by atoms with Crippen molar-refractivity contribution in [3.05, 3.63) is 65.5 Å². The minimum absolute atomic E-state index is 0.0891. The first-order chi connectivity index (χ1) is 13.4. The molecule has 0 aliphatic rings. The van der Waals surface area contributed by atoms with Gasteiger partial charge in [-0.2, -0.15) is 0 Å². The van der Waals surface area contributed by atoms with Crippen LogP contribution in [0.3, 0.4) is 0 Å². The van der Waals surface area contributed by atoms with E-state index in [2.05, 4.69) is 9.96 Å². The molecule has 0 aliphatic carbocycles. The maximum atomic E-state index is 13.6. The highest BCUT2D eigenvalue weighted by Crippen LogP contribution is 2.17. The minimum atomic E-state index is -0.898. The van der Waals surface area contributed by atoms with E-state index in [0.717, 1.165) is 0 Å². The van der Waals surface area contributed by atoms with E-state index in [1.807, 2.05) is 0 Å². The monoisotopic (exact) mass is 387 g/mol. The van der Waals surface area contributed by atoms with Gasteiger partial charge in [-0.05, 0) is 43.6 Å². The van der Waals surface area contributed by atoms with Crippen molar-refractivity contribution in [3.63, 3.8) is 0 Å². The molecule has 0 heterocycles. The van der Waals surface area contributed by atoms with Gasteiger partial charge >= 0.3 is 13.0 Å². The second-order valence-corrected chi connectivity index (χ2v) is 6.28. The Bertz CT molecular complexity index is 797. The average molecular weight is 387 g/mol. The van der Waals surface area contributed by atoms with E-state index in [1.54, 1.807) is 42.5 Å². The molecule has 0 unspecified atom stereocenters. The molecule has 1 atom stereocenters. The fourth-order valence-corrected chi connectivity index (χ4v) is 2.64. The fraction of sp³-hybridized carbons (Fsp3) is 0.300. The topological polar surface area (TPSA) is 84.9 Å². The van der Waals surface area contributed by atoms with Crippen LogP contribution in [-0.2, 0) is 16.1 Å². The maximum Gasteiger partial charge on any atom is 0.374 e. The summed E-state index contributed by atoms with van der Waals surface area (Å²) in [5, 5.41) is 12.1. The van der Waals surface area contributed by atoms with Crippen LogP contribution in [0.15, 0.2) is 48.5 Å². The van der Waals surface area contributed by atoms with Crippen molar-refractivity contribution in [2.45, 2.75) is 32.3 Å². The van der Waals surface area contributed by atoms with Gasteiger partial charge in [0.1, 0.15) is 18.2 Å². The van der Waals surface area contributed by atoms with Gasteiger partial charge in [-0.25, -0.2) is 4.39 Å². The van der Waals surface area contributed by atoms with Crippen molar-refractivity contribution in [3.8, 4) is 5.75 Å². The summed E-state index contributed by atoms with van der Waals surface area (Å²) < 4.78 is 23.8. The molecular weight excluding hydrogens is 364 g/mol. The number of ether oxygens (including phenoxy) is 2. The van der Waals surface area contributed by atoms with Crippen molar-refractivity contribution in [1.82, 2.24) is 5.23 Å². The van der Waals surface area contributed by atoms with Gasteiger partial charge in [-0.1, -0.05) is 18.2 Å². The van der Waals surface area contributed by atoms with Crippen LogP contribution in [0.5, 0.6) is 5.75 Å². The van der Waals surface area contributed by atoms with Crippen LogP contribution < -0.4 is 9.96 Å². The van der Waals surface area contributed by atoms with Crippen LogP contribution >= 0.6 is 0 Å². The number of ketones is 1. The Labute approximate surface area is 163 Å². The third kappa shape index (κ3) is 6.47. The van der Waals surface area contributed by atoms with Crippen LogP contribution in [0.1, 0.15) is 28.8 Å². The first-order valence-corrected chi connectivity index (χ1v) is 8.92. The van der Waals surface area contributed by atoms with Crippen LogP contribution in [0.4, 0.5) is 4.39 Å². The predicted molar refractivity (Wildman–Crippen MR) is 104 cm³/mol. The lowest BCUT2D eigenvalue weighted by Gasteiger charge is -2.16. The molecule has 2 aromatic carbocycles. The molecule has 0 aliphatic heterocycles. The zero-order valence-corrected chi connectivity index (χ0v) is 15.9. The predicted octanol–water partition coefficient (Wildman–Crippen LogP) is 2.61. The number of hydrogen-bond acceptors (Lipinski definition) is 6. The molecule has 0 saturated carbocycles. The van der Waals surface area contributed by atoms with Gasteiger partial charge < -0.3 is 19.7 Å². The molecule has 0 radical (unpaired) electrons. The second-order valence-electron chi connectivity index (χ2n) is 6.28. The highest BCUT2D eigenvalue weighted by Gasteiger charge is 2.23. The summed E-state index contributed by atoms with van der Waals surface area (Å²) in [6.07, 6.45) is 0.302. The number of carbonyl (C=O) groups is 2. The lowest BCUT2D eigenvalue weighted by Crippen LogP contribution is -2.45. The number of esters is 1. The molecular formula is C20H23BFNO5. The van der Waals surface area contributed by atoms with E-state index in [0.29, 0.717) is 16.9 Å². The number of hydrogen-bond donors (Lipinski definition) is 2. The highest BCUT2D eigenvalue weighted by atomic mass is 19.1. The Hall–Kier alpha value is -2.71. The summed E-state index contributed by atoms with van der Waals surface area (Å²) in [5.74, 6) is -0.504. The first-order valence-electron chi connectivity index (χ1n) is 8.92. The van der Waals surface area contributed by atoms with E-state index in [1.165, 1.54) is 20.0 Å². The molecule has 2 rings (SSSR count). The Morgan fingerprint density at radius 1 is 1.18 bits per heavy atom. The van der Waals surface area contributed by atoms with Crippen LogP contribution in [0.2, 0.25) is 6.82 Å². The van der Waals surface area contributed by atoms with E-state index in [4.69, 9.17) is 4.74 Å². The molecule has 0 spiro atoms. The second kappa shape index (κ2) is 10.6. The molecule has 0 fully saturated rings. The Kier molecular flexibility index (Phi) is 8.16. The number of Topliss-reactive ketones (excluding diaryl/α,β-unsaturated/α-hetero) is 1. The molecule has 0 amide bonds. The molecule has 0 bridgehead atoms. The van der Waals surface area contributed by atoms with Crippen molar-refractivity contribution >= 4 is 18.8 Å². The average Bonchev–Trinajstić information content (AvgIpc) is 2.69. The van der Waals surface area contributed by atoms with Gasteiger partial charge in [0.25, 0.3) is 0 Å². The van der Waals surface area contributed by atoms with Crippen molar-refractivity contribution < 1.29 is 28.5 Å².